The molecule has 1 aliphatic carbocycles. The second kappa shape index (κ2) is 6.87. The molecule has 0 aliphatic heterocycles. The van der Waals surface area contributed by atoms with E-state index in [-0.39, 0.29) is 10.8 Å². The highest BCUT2D eigenvalue weighted by molar-refractivity contribution is 7.89. The van der Waals surface area contributed by atoms with Gasteiger partial charge in [0.25, 0.3) is 5.91 Å². The van der Waals surface area contributed by atoms with Gasteiger partial charge in [0.2, 0.25) is 10.0 Å². The third kappa shape index (κ3) is 4.68. The minimum Gasteiger partial charge on any atom is -0.352 e. The molecule has 0 heterocycles. The van der Waals surface area contributed by atoms with E-state index >= 15 is 0 Å². The van der Waals surface area contributed by atoms with E-state index in [1.54, 1.807) is 6.07 Å². The first-order chi connectivity index (χ1) is 9.97. The lowest BCUT2D eigenvalue weighted by Gasteiger charge is -2.13. The van der Waals surface area contributed by atoms with Crippen molar-refractivity contribution in [2.75, 3.05) is 6.54 Å². The summed E-state index contributed by atoms with van der Waals surface area (Å²) < 4.78 is 22.5. The van der Waals surface area contributed by atoms with E-state index in [9.17, 15) is 13.2 Å². The summed E-state index contributed by atoms with van der Waals surface area (Å²) >= 11 is 0. The van der Waals surface area contributed by atoms with Gasteiger partial charge in [0.15, 0.2) is 0 Å². The van der Waals surface area contributed by atoms with Crippen LogP contribution < -0.4 is 10.5 Å². The maximum atomic E-state index is 12.0. The molecule has 1 aliphatic rings. The molecule has 1 aromatic carbocycles. The summed E-state index contributed by atoms with van der Waals surface area (Å²) in [4.78, 5) is 11.9. The van der Waals surface area contributed by atoms with Crippen LogP contribution in [0.2, 0.25) is 0 Å². The molecular formula is C15H20N2O3S. The highest BCUT2D eigenvalue weighted by atomic mass is 32.2. The quantitative estimate of drug-likeness (QED) is 0.815. The molecule has 3 N–H and O–H groups in total. The monoisotopic (exact) mass is 308 g/mol. The van der Waals surface area contributed by atoms with E-state index in [2.05, 4.69) is 11.4 Å². The van der Waals surface area contributed by atoms with Gasteiger partial charge >= 0.3 is 0 Å². The SMILES string of the molecule is NS(=O)(=O)c1cccc(C(=O)NCCC2=CCCCC2)c1. The van der Waals surface area contributed by atoms with Crippen LogP contribution in [0.5, 0.6) is 0 Å². The molecular weight excluding hydrogens is 288 g/mol. The predicted molar refractivity (Wildman–Crippen MR) is 81.3 cm³/mol. The smallest absolute Gasteiger partial charge is 0.251 e. The van der Waals surface area contributed by atoms with Gasteiger partial charge in [-0.1, -0.05) is 17.7 Å². The lowest BCUT2D eigenvalue weighted by molar-refractivity contribution is 0.0954. The van der Waals surface area contributed by atoms with Crippen LogP contribution in [0.1, 0.15) is 42.5 Å². The van der Waals surface area contributed by atoms with Gasteiger partial charge < -0.3 is 5.32 Å². The van der Waals surface area contributed by atoms with E-state index in [0.29, 0.717) is 12.1 Å². The van der Waals surface area contributed by atoms with E-state index in [1.165, 1.54) is 36.6 Å². The molecule has 114 valence electrons. The lowest BCUT2D eigenvalue weighted by Crippen LogP contribution is -2.25. The van der Waals surface area contributed by atoms with Crippen LogP contribution in [-0.4, -0.2) is 20.9 Å². The van der Waals surface area contributed by atoms with Gasteiger partial charge in [-0.3, -0.25) is 4.79 Å². The lowest BCUT2D eigenvalue weighted by atomic mass is 9.97. The molecule has 0 radical (unpaired) electrons. The molecule has 21 heavy (non-hydrogen) atoms. The van der Waals surface area contributed by atoms with Crippen molar-refractivity contribution >= 4 is 15.9 Å². The fourth-order valence-corrected chi connectivity index (χ4v) is 2.94. The van der Waals surface area contributed by atoms with Gasteiger partial charge in [-0.25, -0.2) is 13.6 Å². The molecule has 1 amide bonds. The maximum Gasteiger partial charge on any atom is 0.251 e. The minimum absolute atomic E-state index is 0.0508. The number of nitrogens with two attached hydrogens (primary N) is 1. The number of carbonyl (C=O) groups excluding carboxylic acids is 1. The maximum absolute atomic E-state index is 12.0. The second-order valence-electron chi connectivity index (χ2n) is 5.19. The van der Waals surface area contributed by atoms with Crippen LogP contribution in [0.3, 0.4) is 0 Å². The van der Waals surface area contributed by atoms with Crippen LogP contribution in [0.25, 0.3) is 0 Å². The van der Waals surface area contributed by atoms with E-state index in [4.69, 9.17) is 5.14 Å². The van der Waals surface area contributed by atoms with E-state index < -0.39 is 10.0 Å². The first-order valence-electron chi connectivity index (χ1n) is 7.06. The first kappa shape index (κ1) is 15.7. The van der Waals surface area contributed by atoms with Crippen molar-refractivity contribution in [1.29, 1.82) is 0 Å². The minimum atomic E-state index is -3.79. The number of hydrogen-bond donors (Lipinski definition) is 2. The average molecular weight is 308 g/mol. The first-order valence-corrected chi connectivity index (χ1v) is 8.60. The van der Waals surface area contributed by atoms with Gasteiger partial charge in [0, 0.05) is 12.1 Å². The van der Waals surface area contributed by atoms with Crippen molar-refractivity contribution in [3.05, 3.63) is 41.5 Å². The molecule has 0 aromatic heterocycles. The summed E-state index contributed by atoms with van der Waals surface area (Å²) in [6, 6.07) is 5.76. The highest BCUT2D eigenvalue weighted by Crippen LogP contribution is 2.19. The number of amides is 1. The summed E-state index contributed by atoms with van der Waals surface area (Å²) in [5.74, 6) is -0.281. The third-order valence-electron chi connectivity index (χ3n) is 3.54. The molecule has 0 fully saturated rings. The molecule has 2 rings (SSSR count). The Morgan fingerprint density at radius 3 is 2.76 bits per heavy atom. The van der Waals surface area contributed by atoms with Gasteiger partial charge in [-0.05, 0) is 50.3 Å². The van der Waals surface area contributed by atoms with Crippen molar-refractivity contribution in [1.82, 2.24) is 5.32 Å². The zero-order chi connectivity index (χ0) is 15.3. The van der Waals surface area contributed by atoms with Crippen molar-refractivity contribution in [3.8, 4) is 0 Å². The van der Waals surface area contributed by atoms with Crippen LogP contribution >= 0.6 is 0 Å². The fraction of sp³-hybridized carbons (Fsp3) is 0.400. The van der Waals surface area contributed by atoms with Gasteiger partial charge in [0.1, 0.15) is 0 Å². The molecule has 5 nitrogen and oxygen atoms in total. The Morgan fingerprint density at radius 2 is 2.10 bits per heavy atom. The molecule has 0 bridgehead atoms. The number of sulfonamides is 1. The van der Waals surface area contributed by atoms with Gasteiger partial charge in [0.05, 0.1) is 4.90 Å². The fourth-order valence-electron chi connectivity index (χ4n) is 2.38. The van der Waals surface area contributed by atoms with Crippen molar-refractivity contribution in [3.63, 3.8) is 0 Å². The summed E-state index contributed by atoms with van der Waals surface area (Å²) in [5, 5.41) is 7.87. The van der Waals surface area contributed by atoms with E-state index in [0.717, 1.165) is 19.3 Å². The largest absolute Gasteiger partial charge is 0.352 e. The standard InChI is InChI=1S/C15H20N2O3S/c16-21(19,20)14-8-4-7-13(11-14)15(18)17-10-9-12-5-2-1-3-6-12/h4-5,7-8,11H,1-3,6,9-10H2,(H,17,18)(H2,16,19,20). The Bertz CT molecular complexity index is 651. The number of primary sulfonamides is 1. The van der Waals surface area contributed by atoms with Crippen molar-refractivity contribution < 1.29 is 13.2 Å². The Labute approximate surface area is 125 Å². The molecule has 0 saturated carbocycles. The Hall–Kier alpha value is -1.66. The summed E-state index contributed by atoms with van der Waals surface area (Å²) in [6.07, 6.45) is 7.79. The van der Waals surface area contributed by atoms with Crippen LogP contribution in [0.4, 0.5) is 0 Å². The number of benzene rings is 1. The number of hydrogen-bond acceptors (Lipinski definition) is 3. The highest BCUT2D eigenvalue weighted by Gasteiger charge is 2.12. The van der Waals surface area contributed by atoms with Crippen molar-refractivity contribution in [2.45, 2.75) is 37.0 Å². The van der Waals surface area contributed by atoms with Gasteiger partial charge in [-0.15, -0.1) is 0 Å². The third-order valence-corrected chi connectivity index (χ3v) is 4.45. The molecule has 6 heteroatoms. The summed E-state index contributed by atoms with van der Waals surface area (Å²) in [7, 11) is -3.79. The topological polar surface area (TPSA) is 89.3 Å². The van der Waals surface area contributed by atoms with Crippen LogP contribution in [-0.2, 0) is 10.0 Å². The Morgan fingerprint density at radius 1 is 1.29 bits per heavy atom. The van der Waals surface area contributed by atoms with Gasteiger partial charge in [-0.2, -0.15) is 0 Å². The normalized spacial score (nSPS) is 15.4. The molecule has 0 atom stereocenters. The molecule has 1 aromatic rings. The number of carbonyl (C=O) groups is 1. The van der Waals surface area contributed by atoms with E-state index in [1.807, 2.05) is 0 Å². The average Bonchev–Trinajstić information content (AvgIpc) is 2.47. The summed E-state index contributed by atoms with van der Waals surface area (Å²) in [5.41, 5.74) is 1.69. The van der Waals surface area contributed by atoms with Crippen molar-refractivity contribution in [2.24, 2.45) is 5.14 Å². The Balaban J connectivity index is 1.93. The van der Waals surface area contributed by atoms with Crippen LogP contribution in [0, 0.1) is 0 Å². The molecule has 0 spiro atoms. The predicted octanol–water partition coefficient (Wildman–Crippen LogP) is 1.95. The zero-order valence-corrected chi connectivity index (χ0v) is 12.7. The Kier molecular flexibility index (Phi) is 5.14. The second-order valence-corrected chi connectivity index (χ2v) is 6.75. The number of rotatable bonds is 5. The molecule has 0 unspecified atom stereocenters. The summed E-state index contributed by atoms with van der Waals surface area (Å²) in [6.45, 7) is 0.560. The molecule has 0 saturated heterocycles. The number of allylic oxidation sites excluding steroid dienone is 1. The number of nitrogens with one attached hydrogen (secondary N) is 1. The van der Waals surface area contributed by atoms with Crippen LogP contribution in [0.15, 0.2) is 40.8 Å². The zero-order valence-electron chi connectivity index (χ0n) is 11.8.